The molecule has 2 bridgehead atoms. The number of carboxylic acids is 1. The minimum atomic E-state index is -0.997. The second-order valence-corrected chi connectivity index (χ2v) is 6.58. The van der Waals surface area contributed by atoms with Crippen LogP contribution in [0.5, 0.6) is 5.75 Å². The Bertz CT molecular complexity index is 771. The van der Waals surface area contributed by atoms with Crippen molar-refractivity contribution in [3.05, 3.63) is 49.1 Å². The van der Waals surface area contributed by atoms with Gasteiger partial charge >= 0.3 is 5.97 Å². The van der Waals surface area contributed by atoms with Crippen LogP contribution < -0.4 is 9.64 Å². The van der Waals surface area contributed by atoms with E-state index >= 15 is 0 Å². The van der Waals surface area contributed by atoms with Gasteiger partial charge in [-0.1, -0.05) is 18.2 Å². The molecule has 4 rings (SSSR count). The van der Waals surface area contributed by atoms with Gasteiger partial charge in [0.25, 0.3) is 0 Å². The summed E-state index contributed by atoms with van der Waals surface area (Å²) in [5.41, 5.74) is -0.204. The minimum Gasteiger partial charge on any atom is -0.497 e. The number of anilines is 1. The molecule has 2 fully saturated rings. The number of carbonyl (C=O) groups excluding carboxylic acids is 1. The number of benzene rings is 1. The van der Waals surface area contributed by atoms with E-state index in [2.05, 4.69) is 6.58 Å². The molecule has 0 saturated carbocycles. The van der Waals surface area contributed by atoms with Crippen molar-refractivity contribution in [3.8, 4) is 5.75 Å². The second kappa shape index (κ2) is 5.46. The lowest BCUT2D eigenvalue weighted by molar-refractivity contribution is -0.146. The number of carboxylic acid groups (broad SMARTS) is 1. The van der Waals surface area contributed by atoms with Crippen molar-refractivity contribution in [1.29, 1.82) is 0 Å². The summed E-state index contributed by atoms with van der Waals surface area (Å²) in [4.78, 5) is 26.6. The number of aliphatic carboxylic acids is 1. The average Bonchev–Trinajstić information content (AvgIpc) is 3.24. The number of carbonyl (C=O) groups is 2. The summed E-state index contributed by atoms with van der Waals surface area (Å²) in [6, 6.07) is 6.85. The lowest BCUT2D eigenvalue weighted by Gasteiger charge is -2.32. The zero-order chi connectivity index (χ0) is 17.8. The normalized spacial score (nSPS) is 35.1. The van der Waals surface area contributed by atoms with Crippen molar-refractivity contribution >= 4 is 17.6 Å². The van der Waals surface area contributed by atoms with E-state index in [1.54, 1.807) is 48.4 Å². The molecule has 6 heteroatoms. The highest BCUT2D eigenvalue weighted by molar-refractivity contribution is 6.03. The summed E-state index contributed by atoms with van der Waals surface area (Å²) in [6.07, 6.45) is 5.35. The van der Waals surface area contributed by atoms with Gasteiger partial charge in [-0.3, -0.25) is 9.59 Å². The Morgan fingerprint density at radius 2 is 2.16 bits per heavy atom. The van der Waals surface area contributed by atoms with Crippen LogP contribution in [-0.4, -0.2) is 41.8 Å². The van der Waals surface area contributed by atoms with Crippen LogP contribution in [0.1, 0.15) is 6.42 Å². The van der Waals surface area contributed by atoms with E-state index in [1.807, 2.05) is 6.08 Å². The largest absolute Gasteiger partial charge is 0.497 e. The Morgan fingerprint density at radius 3 is 2.76 bits per heavy atom. The highest BCUT2D eigenvalue weighted by Crippen LogP contribution is 2.56. The van der Waals surface area contributed by atoms with Crippen LogP contribution in [0, 0.1) is 11.8 Å². The quantitative estimate of drug-likeness (QED) is 0.829. The number of fused-ring (bicyclic) bond motifs is 1. The molecule has 5 atom stereocenters. The number of rotatable bonds is 5. The molecule has 1 N–H and O–H groups in total. The lowest BCUT2D eigenvalue weighted by atomic mass is 9.74. The van der Waals surface area contributed by atoms with E-state index in [0.29, 0.717) is 17.9 Å². The average molecular weight is 341 g/mol. The van der Waals surface area contributed by atoms with E-state index in [-0.39, 0.29) is 11.9 Å². The van der Waals surface area contributed by atoms with Crippen molar-refractivity contribution in [2.75, 3.05) is 12.0 Å². The lowest BCUT2D eigenvalue weighted by Crippen LogP contribution is -2.45. The Hall–Kier alpha value is -2.60. The molecular weight excluding hydrogens is 322 g/mol. The van der Waals surface area contributed by atoms with Gasteiger partial charge in [-0.15, -0.1) is 6.58 Å². The molecule has 1 aromatic carbocycles. The first-order valence-corrected chi connectivity index (χ1v) is 8.21. The molecule has 1 spiro atoms. The van der Waals surface area contributed by atoms with Gasteiger partial charge in [0.05, 0.1) is 25.2 Å². The highest BCUT2D eigenvalue weighted by atomic mass is 16.5. The summed E-state index contributed by atoms with van der Waals surface area (Å²) in [5.74, 6) is -2.09. The van der Waals surface area contributed by atoms with Crippen molar-refractivity contribution in [3.63, 3.8) is 0 Å². The van der Waals surface area contributed by atoms with E-state index in [9.17, 15) is 14.7 Å². The first-order valence-electron chi connectivity index (χ1n) is 8.21. The van der Waals surface area contributed by atoms with E-state index in [1.165, 1.54) is 0 Å². The zero-order valence-electron chi connectivity index (χ0n) is 13.8. The Kier molecular flexibility index (Phi) is 3.47. The summed E-state index contributed by atoms with van der Waals surface area (Å²) < 4.78 is 11.2. The van der Waals surface area contributed by atoms with Crippen LogP contribution in [0.25, 0.3) is 0 Å². The number of nitrogens with zero attached hydrogens (tertiary/aromatic N) is 1. The number of hydrogen-bond donors (Lipinski definition) is 1. The molecule has 3 aliphatic heterocycles. The molecule has 130 valence electrons. The summed E-state index contributed by atoms with van der Waals surface area (Å²) in [6.45, 7) is 3.80. The van der Waals surface area contributed by atoms with Crippen molar-refractivity contribution in [2.24, 2.45) is 11.8 Å². The third-order valence-corrected chi connectivity index (χ3v) is 5.45. The molecule has 1 aromatic rings. The predicted octanol–water partition coefficient (Wildman–Crippen LogP) is 2.01. The molecule has 0 radical (unpaired) electrons. The second-order valence-electron chi connectivity index (χ2n) is 6.58. The van der Waals surface area contributed by atoms with Crippen LogP contribution in [0.15, 0.2) is 49.1 Å². The highest BCUT2D eigenvalue weighted by Gasteiger charge is 2.71. The number of hydrogen-bond acceptors (Lipinski definition) is 4. The number of methoxy groups -OCH3 is 1. The molecule has 3 heterocycles. The molecule has 1 amide bonds. The Labute approximate surface area is 145 Å². The summed E-state index contributed by atoms with van der Waals surface area (Å²) >= 11 is 0. The van der Waals surface area contributed by atoms with Gasteiger partial charge in [0.2, 0.25) is 5.91 Å². The van der Waals surface area contributed by atoms with E-state index < -0.39 is 29.5 Å². The van der Waals surface area contributed by atoms with Gasteiger partial charge in [0.1, 0.15) is 17.3 Å². The SMILES string of the molecule is C=CC[C@@H]1N(c2ccc(OC)cc2)C(=O)[C@@H]2[C@@H](C(=O)O)[C@@H]3C=C[C@]21O3. The maximum absolute atomic E-state index is 13.2. The van der Waals surface area contributed by atoms with Crippen LogP contribution in [-0.2, 0) is 14.3 Å². The summed E-state index contributed by atoms with van der Waals surface area (Å²) in [5, 5.41) is 9.62. The Morgan fingerprint density at radius 1 is 1.44 bits per heavy atom. The maximum atomic E-state index is 13.2. The minimum absolute atomic E-state index is 0.212. The Balaban J connectivity index is 1.80. The van der Waals surface area contributed by atoms with Gasteiger partial charge in [-0.05, 0) is 30.7 Å². The topological polar surface area (TPSA) is 76.1 Å². The summed E-state index contributed by atoms with van der Waals surface area (Å²) in [7, 11) is 1.58. The number of ether oxygens (including phenoxy) is 2. The van der Waals surface area contributed by atoms with Crippen molar-refractivity contribution in [2.45, 2.75) is 24.2 Å². The van der Waals surface area contributed by atoms with Crippen LogP contribution in [0.4, 0.5) is 5.69 Å². The molecule has 3 aliphatic rings. The van der Waals surface area contributed by atoms with Crippen molar-refractivity contribution in [1.82, 2.24) is 0 Å². The fourth-order valence-electron chi connectivity index (χ4n) is 4.43. The molecule has 0 unspecified atom stereocenters. The molecule has 0 aliphatic carbocycles. The maximum Gasteiger partial charge on any atom is 0.310 e. The predicted molar refractivity (Wildman–Crippen MR) is 90.4 cm³/mol. The fourth-order valence-corrected chi connectivity index (χ4v) is 4.43. The first kappa shape index (κ1) is 15.9. The van der Waals surface area contributed by atoms with Crippen LogP contribution >= 0.6 is 0 Å². The van der Waals surface area contributed by atoms with Gasteiger partial charge in [0, 0.05) is 5.69 Å². The van der Waals surface area contributed by atoms with Crippen LogP contribution in [0.3, 0.4) is 0 Å². The molecule has 0 aromatic heterocycles. The standard InChI is InChI=1S/C19H19NO5/c1-3-4-14-19-10-9-13(25-19)15(18(22)23)16(19)17(21)20(14)11-5-7-12(24-2)8-6-11/h3,5-10,13-16H,1,4H2,2H3,(H,22,23)/t13-,14-,15-,16-,19+/m0/s1. The first-order chi connectivity index (χ1) is 12.0. The van der Waals surface area contributed by atoms with Gasteiger partial charge in [-0.2, -0.15) is 0 Å². The van der Waals surface area contributed by atoms with E-state index in [4.69, 9.17) is 9.47 Å². The smallest absolute Gasteiger partial charge is 0.310 e. The van der Waals surface area contributed by atoms with E-state index in [0.717, 1.165) is 0 Å². The van der Waals surface area contributed by atoms with Gasteiger partial charge in [0.15, 0.2) is 0 Å². The van der Waals surface area contributed by atoms with Crippen molar-refractivity contribution < 1.29 is 24.2 Å². The van der Waals surface area contributed by atoms with Gasteiger partial charge in [-0.25, -0.2) is 0 Å². The monoisotopic (exact) mass is 341 g/mol. The molecular formula is C19H19NO5. The molecule has 2 saturated heterocycles. The molecule has 6 nitrogen and oxygen atoms in total. The van der Waals surface area contributed by atoms with Crippen LogP contribution in [0.2, 0.25) is 0 Å². The fraction of sp³-hybridized carbons (Fsp3) is 0.368. The third-order valence-electron chi connectivity index (χ3n) is 5.45. The zero-order valence-corrected chi connectivity index (χ0v) is 13.8. The van der Waals surface area contributed by atoms with Gasteiger partial charge < -0.3 is 19.5 Å². The molecule has 25 heavy (non-hydrogen) atoms. The third kappa shape index (κ3) is 2.00. The number of amides is 1.